The van der Waals surface area contributed by atoms with Gasteiger partial charge in [-0.15, -0.1) is 5.06 Å². The van der Waals surface area contributed by atoms with Crippen molar-refractivity contribution in [3.8, 4) is 11.5 Å². The van der Waals surface area contributed by atoms with Crippen LogP contribution in [-0.2, 0) is 9.63 Å². The third-order valence-corrected chi connectivity index (χ3v) is 8.64. The van der Waals surface area contributed by atoms with E-state index in [2.05, 4.69) is 42.4 Å². The lowest BCUT2D eigenvalue weighted by atomic mass is 10.2. The Morgan fingerprint density at radius 2 is 1.85 bits per heavy atom. The zero-order chi connectivity index (χ0) is 33.6. The van der Waals surface area contributed by atoms with E-state index >= 15 is 0 Å². The smallest absolute Gasteiger partial charge is 0.361 e. The third-order valence-electron chi connectivity index (χ3n) is 7.70. The molecule has 1 fully saturated rings. The molecule has 6 rings (SSSR count). The average Bonchev–Trinajstić information content (AvgIpc) is 3.47. The van der Waals surface area contributed by atoms with Crippen molar-refractivity contribution in [2.45, 2.75) is 13.3 Å². The SMILES string of the molecule is COc1cc2c(Nc3ccc4nc(NC(=O)N(OC(C)=O)c5cccc(F)c5)sc4c3)ncnc2cc1OCCCN1CCN(C)CC1. The Balaban J connectivity index is 1.14. The van der Waals surface area contributed by atoms with Crippen molar-refractivity contribution in [1.82, 2.24) is 24.8 Å². The Kier molecular flexibility index (Phi) is 10.1. The average molecular weight is 675 g/mol. The second-order valence-electron chi connectivity index (χ2n) is 11.2. The quantitative estimate of drug-likeness (QED) is 0.140. The Morgan fingerprint density at radius 1 is 1.02 bits per heavy atom. The van der Waals surface area contributed by atoms with Gasteiger partial charge in [0.2, 0.25) is 0 Å². The lowest BCUT2D eigenvalue weighted by molar-refractivity contribution is -0.141. The molecule has 2 aromatic heterocycles. The minimum absolute atomic E-state index is 0.0453. The molecule has 13 nitrogen and oxygen atoms in total. The van der Waals surface area contributed by atoms with Crippen molar-refractivity contribution in [2.24, 2.45) is 0 Å². The number of likely N-dealkylation sites (N-methyl/N-ethyl adjacent to an activating group) is 1. The highest BCUT2D eigenvalue weighted by atomic mass is 32.1. The van der Waals surface area contributed by atoms with Gasteiger partial charge in [0.05, 0.1) is 35.1 Å². The van der Waals surface area contributed by atoms with Gasteiger partial charge in [-0.2, -0.15) is 0 Å². The first-order valence-corrected chi connectivity index (χ1v) is 16.2. The molecule has 0 radical (unpaired) electrons. The molecular formula is C33H35FN8O5S. The number of carbonyl (C=O) groups excluding carboxylic acids is 2. The monoisotopic (exact) mass is 674 g/mol. The van der Waals surface area contributed by atoms with Crippen molar-refractivity contribution in [2.75, 3.05) is 69.2 Å². The number of benzene rings is 3. The Hall–Kier alpha value is -5.12. The molecule has 2 N–H and O–H groups in total. The van der Waals surface area contributed by atoms with E-state index in [1.54, 1.807) is 13.2 Å². The number of urea groups is 1. The molecule has 0 bridgehead atoms. The van der Waals surface area contributed by atoms with Gasteiger partial charge in [-0.1, -0.05) is 17.4 Å². The maximum Gasteiger partial charge on any atom is 0.361 e. The van der Waals surface area contributed by atoms with Gasteiger partial charge in [0.15, 0.2) is 16.6 Å². The second-order valence-corrected chi connectivity index (χ2v) is 12.2. The zero-order valence-electron chi connectivity index (χ0n) is 26.7. The fourth-order valence-electron chi connectivity index (χ4n) is 5.25. The zero-order valence-corrected chi connectivity index (χ0v) is 27.6. The van der Waals surface area contributed by atoms with E-state index in [-0.39, 0.29) is 10.8 Å². The van der Waals surface area contributed by atoms with Crippen molar-refractivity contribution in [3.05, 3.63) is 66.7 Å². The number of carbonyl (C=O) groups is 2. The molecule has 0 atom stereocenters. The Labute approximate surface area is 280 Å². The molecule has 0 spiro atoms. The first kappa shape index (κ1) is 32.8. The fraction of sp³-hybridized carbons (Fsp3) is 0.303. The molecule has 3 heterocycles. The molecule has 1 saturated heterocycles. The van der Waals surface area contributed by atoms with E-state index in [0.29, 0.717) is 40.0 Å². The summed E-state index contributed by atoms with van der Waals surface area (Å²) >= 11 is 1.22. The number of methoxy groups -OCH3 is 1. The number of halogens is 1. The van der Waals surface area contributed by atoms with Crippen LogP contribution in [0.1, 0.15) is 13.3 Å². The summed E-state index contributed by atoms with van der Waals surface area (Å²) in [6.07, 6.45) is 2.39. The number of fused-ring (bicyclic) bond motifs is 2. The number of rotatable bonds is 10. The maximum absolute atomic E-state index is 13.8. The standard InChI is InChI=1S/C33H35FN8O5S/c1-21(43)47-42(24-7-4-6-22(34)16-24)33(44)39-32-38-26-9-8-23(17-30(26)48-32)37-31-25-18-28(45-3)29(19-27(25)35-20-36-31)46-15-5-10-41-13-11-40(2)12-14-41/h4,6-9,16-20H,5,10-15H2,1-3H3,(H,35,36,37)(H,38,39,44). The van der Waals surface area contributed by atoms with Gasteiger partial charge in [-0.05, 0) is 49.9 Å². The summed E-state index contributed by atoms with van der Waals surface area (Å²) in [6.45, 7) is 7.02. The number of aromatic nitrogens is 3. The number of hydrogen-bond donors (Lipinski definition) is 2. The first-order chi connectivity index (χ1) is 23.2. The Morgan fingerprint density at radius 3 is 2.62 bits per heavy atom. The highest BCUT2D eigenvalue weighted by molar-refractivity contribution is 7.22. The van der Waals surface area contributed by atoms with E-state index in [1.165, 1.54) is 35.9 Å². The molecule has 0 saturated carbocycles. The van der Waals surface area contributed by atoms with Crippen molar-refractivity contribution >= 4 is 66.8 Å². The van der Waals surface area contributed by atoms with Gasteiger partial charge in [-0.25, -0.2) is 28.9 Å². The molecule has 48 heavy (non-hydrogen) atoms. The van der Waals surface area contributed by atoms with Crippen LogP contribution in [0, 0.1) is 5.82 Å². The number of piperazine rings is 1. The second kappa shape index (κ2) is 14.8. The number of nitrogens with one attached hydrogen (secondary N) is 2. The lowest BCUT2D eigenvalue weighted by Crippen LogP contribution is -2.44. The number of nitrogens with zero attached hydrogens (tertiary/aromatic N) is 6. The van der Waals surface area contributed by atoms with Crippen LogP contribution < -0.4 is 25.2 Å². The van der Waals surface area contributed by atoms with Crippen LogP contribution in [0.4, 0.5) is 31.5 Å². The molecule has 2 amide bonds. The number of anilines is 4. The van der Waals surface area contributed by atoms with Gasteiger partial charge in [0.1, 0.15) is 18.0 Å². The topological polar surface area (TPSA) is 134 Å². The molecule has 5 aromatic rings. The van der Waals surface area contributed by atoms with Crippen molar-refractivity contribution in [3.63, 3.8) is 0 Å². The number of hydroxylamine groups is 1. The minimum Gasteiger partial charge on any atom is -0.493 e. The predicted octanol–water partition coefficient (Wildman–Crippen LogP) is 5.66. The molecule has 1 aliphatic heterocycles. The molecule has 15 heteroatoms. The summed E-state index contributed by atoms with van der Waals surface area (Å²) in [4.78, 5) is 47.9. The summed E-state index contributed by atoms with van der Waals surface area (Å²) in [6, 6.07) is 13.6. The van der Waals surface area contributed by atoms with Crippen LogP contribution in [0.2, 0.25) is 0 Å². The highest BCUT2D eigenvalue weighted by Gasteiger charge is 2.22. The van der Waals surface area contributed by atoms with E-state index in [1.807, 2.05) is 24.3 Å². The van der Waals surface area contributed by atoms with E-state index in [9.17, 15) is 14.0 Å². The first-order valence-electron chi connectivity index (χ1n) is 15.3. The molecule has 1 aliphatic rings. The van der Waals surface area contributed by atoms with Crippen LogP contribution in [0.3, 0.4) is 0 Å². The van der Waals surface area contributed by atoms with Gasteiger partial charge in [-0.3, -0.25) is 5.32 Å². The number of ether oxygens (including phenoxy) is 2. The lowest BCUT2D eigenvalue weighted by Gasteiger charge is -2.32. The van der Waals surface area contributed by atoms with Crippen LogP contribution in [0.25, 0.3) is 21.1 Å². The predicted molar refractivity (Wildman–Crippen MR) is 183 cm³/mol. The van der Waals surface area contributed by atoms with E-state index < -0.39 is 17.8 Å². The van der Waals surface area contributed by atoms with Crippen LogP contribution in [0.5, 0.6) is 11.5 Å². The largest absolute Gasteiger partial charge is 0.493 e. The third kappa shape index (κ3) is 7.87. The van der Waals surface area contributed by atoms with Crippen molar-refractivity contribution < 1.29 is 28.3 Å². The van der Waals surface area contributed by atoms with Crippen LogP contribution in [-0.4, -0.2) is 90.2 Å². The van der Waals surface area contributed by atoms with Gasteiger partial charge < -0.3 is 29.4 Å². The minimum atomic E-state index is -0.812. The van der Waals surface area contributed by atoms with E-state index in [4.69, 9.17) is 14.3 Å². The summed E-state index contributed by atoms with van der Waals surface area (Å²) in [5.74, 6) is 0.445. The van der Waals surface area contributed by atoms with Crippen molar-refractivity contribution in [1.29, 1.82) is 0 Å². The molecule has 250 valence electrons. The van der Waals surface area contributed by atoms with Gasteiger partial charge in [0, 0.05) is 62.9 Å². The fourth-order valence-corrected chi connectivity index (χ4v) is 6.15. The number of thiazole rings is 1. The molecule has 0 unspecified atom stereocenters. The number of hydrogen-bond acceptors (Lipinski definition) is 12. The molecule has 3 aromatic carbocycles. The summed E-state index contributed by atoms with van der Waals surface area (Å²) in [7, 11) is 3.76. The van der Waals surface area contributed by atoms with Crippen LogP contribution >= 0.6 is 11.3 Å². The summed E-state index contributed by atoms with van der Waals surface area (Å²) < 4.78 is 26.4. The van der Waals surface area contributed by atoms with Gasteiger partial charge in [0.25, 0.3) is 0 Å². The summed E-state index contributed by atoms with van der Waals surface area (Å²) in [5.41, 5.74) is 2.11. The number of amides is 2. The Bertz CT molecular complexity index is 1930. The van der Waals surface area contributed by atoms with E-state index in [0.717, 1.165) is 67.9 Å². The highest BCUT2D eigenvalue weighted by Crippen LogP contribution is 2.36. The van der Waals surface area contributed by atoms with Gasteiger partial charge >= 0.3 is 12.0 Å². The maximum atomic E-state index is 13.8. The molecular weight excluding hydrogens is 639 g/mol. The molecule has 0 aliphatic carbocycles. The van der Waals surface area contributed by atoms with Crippen LogP contribution in [0.15, 0.2) is 60.9 Å². The summed E-state index contributed by atoms with van der Waals surface area (Å²) in [5, 5.41) is 7.67. The normalized spacial score (nSPS) is 13.8.